The molecule has 0 spiro atoms. The molecule has 5 rings (SSSR count). The summed E-state index contributed by atoms with van der Waals surface area (Å²) in [4.78, 5) is 36.0. The van der Waals surface area contributed by atoms with Crippen LogP contribution in [0.1, 0.15) is 37.8 Å². The number of rotatable bonds is 4. The lowest BCUT2D eigenvalue weighted by molar-refractivity contribution is -0.123. The van der Waals surface area contributed by atoms with Crippen LogP contribution in [0.4, 0.5) is 5.82 Å². The van der Waals surface area contributed by atoms with Crippen molar-refractivity contribution >= 4 is 51.7 Å². The molecule has 3 unspecified atom stereocenters. The first-order chi connectivity index (χ1) is 16.3. The maximum absolute atomic E-state index is 13.7. The predicted octanol–water partition coefficient (Wildman–Crippen LogP) is 3.00. The number of carbonyl (C=O) groups is 1. The minimum atomic E-state index is -0.208. The molecule has 0 aromatic carbocycles. The van der Waals surface area contributed by atoms with Crippen molar-refractivity contribution < 1.29 is 14.3 Å². The molecule has 1 amide bonds. The van der Waals surface area contributed by atoms with Crippen LogP contribution in [0.5, 0.6) is 0 Å². The van der Waals surface area contributed by atoms with Crippen LogP contribution in [0.15, 0.2) is 28.0 Å². The topological polar surface area (TPSA) is 76.4 Å². The summed E-state index contributed by atoms with van der Waals surface area (Å²) in [6.07, 6.45) is 5.29. The van der Waals surface area contributed by atoms with Crippen LogP contribution in [0, 0.1) is 6.92 Å². The third-order valence-corrected chi connectivity index (χ3v) is 7.72. The molecular weight excluding hydrogens is 472 g/mol. The Morgan fingerprint density at radius 2 is 2.03 bits per heavy atom. The van der Waals surface area contributed by atoms with Crippen molar-refractivity contribution in [1.29, 1.82) is 0 Å². The molecule has 3 saturated heterocycles. The summed E-state index contributed by atoms with van der Waals surface area (Å²) < 4.78 is 13.6. The fraction of sp³-hybridized carbons (Fsp3) is 0.500. The van der Waals surface area contributed by atoms with Gasteiger partial charge in [-0.25, -0.2) is 4.98 Å². The molecule has 180 valence electrons. The molecule has 10 heteroatoms. The second kappa shape index (κ2) is 9.41. The Bertz CT molecular complexity index is 1230. The highest BCUT2D eigenvalue weighted by Gasteiger charge is 2.35. The van der Waals surface area contributed by atoms with Crippen molar-refractivity contribution in [3.8, 4) is 0 Å². The number of aryl methyl sites for hydroxylation is 1. The number of ether oxygens (including phenoxy) is 2. The molecule has 0 saturated carbocycles. The van der Waals surface area contributed by atoms with Crippen LogP contribution in [-0.2, 0) is 14.3 Å². The molecule has 2 aromatic heterocycles. The fourth-order valence-electron chi connectivity index (χ4n) is 4.80. The van der Waals surface area contributed by atoms with E-state index in [1.807, 2.05) is 32.9 Å². The number of morpholine rings is 1. The Kier molecular flexibility index (Phi) is 6.49. The van der Waals surface area contributed by atoms with Crippen LogP contribution in [0.3, 0.4) is 0 Å². The van der Waals surface area contributed by atoms with Crippen molar-refractivity contribution in [2.24, 2.45) is 0 Å². The largest absolute Gasteiger partial charge is 0.376 e. The van der Waals surface area contributed by atoms with Gasteiger partial charge in [0, 0.05) is 25.9 Å². The normalized spacial score (nSPS) is 26.9. The number of carbonyl (C=O) groups excluding carboxylic acids is 1. The highest BCUT2D eigenvalue weighted by Crippen LogP contribution is 2.35. The molecule has 5 heterocycles. The number of fused-ring (bicyclic) bond motifs is 1. The van der Waals surface area contributed by atoms with E-state index in [9.17, 15) is 9.59 Å². The Morgan fingerprint density at radius 3 is 2.74 bits per heavy atom. The van der Waals surface area contributed by atoms with E-state index in [1.165, 1.54) is 11.8 Å². The van der Waals surface area contributed by atoms with E-state index in [4.69, 9.17) is 26.7 Å². The lowest BCUT2D eigenvalue weighted by Crippen LogP contribution is -2.46. The number of thiocarbonyl (C=S) groups is 1. The van der Waals surface area contributed by atoms with Crippen LogP contribution < -0.4 is 10.5 Å². The molecule has 0 bridgehead atoms. The van der Waals surface area contributed by atoms with Crippen LogP contribution in [-0.4, -0.2) is 69.1 Å². The number of pyridine rings is 1. The van der Waals surface area contributed by atoms with E-state index >= 15 is 0 Å². The SMILES string of the molecule is Cc1cccn2c(=O)c(/C=C3\SC(=S)N(CC4CCCO4)C3=O)c(N3CC(C)OC(C)C3)nc12. The number of hydrogen-bond donors (Lipinski definition) is 0. The maximum Gasteiger partial charge on any atom is 0.267 e. The zero-order chi connectivity index (χ0) is 24.0. The highest BCUT2D eigenvalue weighted by molar-refractivity contribution is 8.26. The third-order valence-electron chi connectivity index (χ3n) is 6.34. The zero-order valence-corrected chi connectivity index (χ0v) is 21.2. The summed E-state index contributed by atoms with van der Waals surface area (Å²) in [7, 11) is 0. The molecule has 0 aliphatic carbocycles. The first kappa shape index (κ1) is 23.5. The van der Waals surface area contributed by atoms with Crippen molar-refractivity contribution in [2.45, 2.75) is 51.9 Å². The summed E-state index contributed by atoms with van der Waals surface area (Å²) in [6.45, 7) is 8.34. The average Bonchev–Trinajstić information content (AvgIpc) is 3.39. The summed E-state index contributed by atoms with van der Waals surface area (Å²) in [5.41, 5.74) is 1.70. The number of aromatic nitrogens is 2. The van der Waals surface area contributed by atoms with Gasteiger partial charge in [-0.05, 0) is 51.3 Å². The smallest absolute Gasteiger partial charge is 0.267 e. The second-order valence-corrected chi connectivity index (χ2v) is 10.8. The summed E-state index contributed by atoms with van der Waals surface area (Å²) in [5.74, 6) is 0.389. The molecule has 0 radical (unpaired) electrons. The number of amides is 1. The van der Waals surface area contributed by atoms with E-state index in [2.05, 4.69) is 4.90 Å². The Labute approximate surface area is 207 Å². The van der Waals surface area contributed by atoms with Crippen LogP contribution >= 0.6 is 24.0 Å². The molecule has 2 aromatic rings. The summed E-state index contributed by atoms with van der Waals surface area (Å²) >= 11 is 6.73. The standard InChI is InChI=1S/C24H28N4O4S2/c1-14-6-4-8-27-20(14)25-21(26-11-15(2)32-16(3)12-26)18(22(27)29)10-19-23(30)28(24(33)34-19)13-17-7-5-9-31-17/h4,6,8,10,15-17H,5,7,9,11-13H2,1-3H3/b19-10-. The van der Waals surface area contributed by atoms with E-state index in [0.29, 0.717) is 52.5 Å². The van der Waals surface area contributed by atoms with E-state index < -0.39 is 0 Å². The molecule has 3 aliphatic heterocycles. The van der Waals surface area contributed by atoms with Gasteiger partial charge >= 0.3 is 0 Å². The highest BCUT2D eigenvalue weighted by atomic mass is 32.2. The van der Waals surface area contributed by atoms with Gasteiger partial charge in [0.25, 0.3) is 11.5 Å². The summed E-state index contributed by atoms with van der Waals surface area (Å²) in [5, 5.41) is 0. The van der Waals surface area contributed by atoms with Gasteiger partial charge in [-0.3, -0.25) is 18.9 Å². The van der Waals surface area contributed by atoms with Crippen LogP contribution in [0.25, 0.3) is 11.7 Å². The molecular formula is C24H28N4O4S2. The number of anilines is 1. The maximum atomic E-state index is 13.7. The quantitative estimate of drug-likeness (QED) is 0.469. The molecule has 3 fully saturated rings. The molecule has 8 nitrogen and oxygen atoms in total. The predicted molar refractivity (Wildman–Crippen MR) is 137 cm³/mol. The first-order valence-electron chi connectivity index (χ1n) is 11.6. The Hall–Kier alpha value is -2.27. The number of nitrogens with zero attached hydrogens (tertiary/aromatic N) is 4. The second-order valence-electron chi connectivity index (χ2n) is 9.13. The number of thioether (sulfide) groups is 1. The molecule has 34 heavy (non-hydrogen) atoms. The van der Waals surface area contributed by atoms with Crippen molar-refractivity contribution in [3.63, 3.8) is 0 Å². The lowest BCUT2D eigenvalue weighted by atomic mass is 10.1. The third kappa shape index (κ3) is 4.39. The lowest BCUT2D eigenvalue weighted by Gasteiger charge is -2.36. The van der Waals surface area contributed by atoms with Gasteiger partial charge in [0.1, 0.15) is 15.8 Å². The van der Waals surface area contributed by atoms with E-state index in [-0.39, 0.29) is 29.8 Å². The van der Waals surface area contributed by atoms with Gasteiger partial charge in [-0.15, -0.1) is 0 Å². The number of hydrogen-bond acceptors (Lipinski definition) is 8. The minimum absolute atomic E-state index is 0.00153. The van der Waals surface area contributed by atoms with Gasteiger partial charge in [-0.1, -0.05) is 30.0 Å². The van der Waals surface area contributed by atoms with Crippen LogP contribution in [0.2, 0.25) is 0 Å². The zero-order valence-electron chi connectivity index (χ0n) is 19.5. The van der Waals surface area contributed by atoms with E-state index in [0.717, 1.165) is 18.4 Å². The first-order valence-corrected chi connectivity index (χ1v) is 12.8. The Morgan fingerprint density at radius 1 is 1.26 bits per heavy atom. The average molecular weight is 501 g/mol. The molecule has 3 atom stereocenters. The summed E-state index contributed by atoms with van der Waals surface area (Å²) in [6, 6.07) is 3.76. The fourth-order valence-corrected chi connectivity index (χ4v) is 6.06. The van der Waals surface area contributed by atoms with Gasteiger partial charge in [0.05, 0.1) is 35.3 Å². The molecule has 3 aliphatic rings. The van der Waals surface area contributed by atoms with E-state index in [1.54, 1.807) is 21.6 Å². The van der Waals surface area contributed by atoms with Gasteiger partial charge in [-0.2, -0.15) is 0 Å². The van der Waals surface area contributed by atoms with Crippen molar-refractivity contribution in [1.82, 2.24) is 14.3 Å². The van der Waals surface area contributed by atoms with Crippen molar-refractivity contribution in [2.75, 3.05) is 31.1 Å². The van der Waals surface area contributed by atoms with Crippen molar-refractivity contribution in [3.05, 3.63) is 44.7 Å². The van der Waals surface area contributed by atoms with Gasteiger partial charge in [0.15, 0.2) is 0 Å². The Balaban J connectivity index is 1.59. The molecule has 0 N–H and O–H groups in total. The minimum Gasteiger partial charge on any atom is -0.376 e. The monoisotopic (exact) mass is 500 g/mol. The van der Waals surface area contributed by atoms with Gasteiger partial charge in [0.2, 0.25) is 0 Å². The van der Waals surface area contributed by atoms with Gasteiger partial charge < -0.3 is 14.4 Å².